The van der Waals surface area contributed by atoms with Gasteiger partial charge in [-0.25, -0.2) is 9.37 Å². The molecule has 13 nitrogen and oxygen atoms in total. The summed E-state index contributed by atoms with van der Waals surface area (Å²) in [7, 11) is 5.15. The molecule has 19 heteroatoms. The Morgan fingerprint density at radius 1 is 0.984 bits per heavy atom. The van der Waals surface area contributed by atoms with Gasteiger partial charge >= 0.3 is 6.18 Å². The SMILES string of the molecule is CNCc1ncc(-c2ccc(Oc3cc(Cl)cc(F)c3CN3C(=O)C[C@@H](CC(F)(F)F)C(=O)N4CCCC[C@@](Cc5ccc(Cl)cc5)(C4)N(C)C(=O)[C@H](CO)NC(=O)[C@@H]3C)cc2)n1C. The number of fused-ring (bicyclic) bond motifs is 2. The van der Waals surface area contributed by atoms with Gasteiger partial charge in [0.2, 0.25) is 23.6 Å². The lowest BCUT2D eigenvalue weighted by Crippen LogP contribution is -2.63. The molecule has 3 N–H and O–H groups in total. The van der Waals surface area contributed by atoms with Crippen LogP contribution in [0, 0.1) is 11.7 Å². The van der Waals surface area contributed by atoms with Gasteiger partial charge in [-0.1, -0.05) is 35.3 Å². The van der Waals surface area contributed by atoms with Crippen molar-refractivity contribution < 1.29 is 46.6 Å². The van der Waals surface area contributed by atoms with Crippen LogP contribution in [0.2, 0.25) is 10.0 Å². The van der Waals surface area contributed by atoms with Gasteiger partial charge in [0.1, 0.15) is 35.2 Å². The Bertz CT molecular complexity index is 2330. The first-order valence-corrected chi connectivity index (χ1v) is 21.6. The molecule has 2 bridgehead atoms. The number of hydrogen-bond acceptors (Lipinski definition) is 8. The Balaban J connectivity index is 1.37. The number of imidazole rings is 1. The van der Waals surface area contributed by atoms with E-state index in [1.165, 1.54) is 29.8 Å². The van der Waals surface area contributed by atoms with Gasteiger partial charge in [0.15, 0.2) is 0 Å². The number of benzene rings is 3. The third-order valence-electron chi connectivity index (χ3n) is 12.1. The maximum atomic E-state index is 16.1. The summed E-state index contributed by atoms with van der Waals surface area (Å²) in [5, 5.41) is 16.5. The van der Waals surface area contributed by atoms with Gasteiger partial charge in [-0.3, -0.25) is 19.2 Å². The number of aliphatic hydroxyl groups is 1. The fourth-order valence-corrected chi connectivity index (χ4v) is 8.79. The van der Waals surface area contributed by atoms with E-state index >= 15 is 4.39 Å². The van der Waals surface area contributed by atoms with E-state index in [1.807, 2.05) is 18.7 Å². The van der Waals surface area contributed by atoms with E-state index in [2.05, 4.69) is 15.6 Å². The van der Waals surface area contributed by atoms with Gasteiger partial charge < -0.3 is 39.7 Å². The van der Waals surface area contributed by atoms with Gasteiger partial charge in [-0.05, 0) is 93.7 Å². The number of hydrogen-bond donors (Lipinski definition) is 3. The van der Waals surface area contributed by atoms with Crippen molar-refractivity contribution >= 4 is 46.8 Å². The summed E-state index contributed by atoms with van der Waals surface area (Å²) in [5.41, 5.74) is 0.832. The molecular weight excluding hydrogens is 881 g/mol. The van der Waals surface area contributed by atoms with Crippen LogP contribution >= 0.6 is 23.2 Å². The van der Waals surface area contributed by atoms with Crippen LogP contribution in [0.1, 0.15) is 56.0 Å². The molecule has 4 atom stereocenters. The molecule has 0 saturated carbocycles. The molecule has 0 aliphatic carbocycles. The quantitative estimate of drug-likeness (QED) is 0.142. The Morgan fingerprint density at radius 3 is 2.34 bits per heavy atom. The van der Waals surface area contributed by atoms with Crippen LogP contribution in [-0.2, 0) is 45.7 Å². The number of likely N-dealkylation sites (N-methyl/N-ethyl adjacent to an activating group) is 1. The van der Waals surface area contributed by atoms with Gasteiger partial charge in [-0.15, -0.1) is 0 Å². The van der Waals surface area contributed by atoms with Crippen molar-refractivity contribution in [2.45, 2.75) is 82.3 Å². The van der Waals surface area contributed by atoms with Gasteiger partial charge in [0.25, 0.3) is 0 Å². The number of aromatic nitrogens is 2. The monoisotopic (exact) mass is 931 g/mol. The smallest absolute Gasteiger partial charge is 0.389 e. The van der Waals surface area contributed by atoms with E-state index in [1.54, 1.807) is 54.7 Å². The second-order valence-electron chi connectivity index (χ2n) is 16.4. The number of amides is 4. The molecule has 3 aromatic carbocycles. The summed E-state index contributed by atoms with van der Waals surface area (Å²) in [5.74, 6) is -5.77. The highest BCUT2D eigenvalue weighted by molar-refractivity contribution is 6.31. The number of aliphatic hydroxyl groups excluding tert-OH is 1. The maximum Gasteiger partial charge on any atom is 0.389 e. The lowest BCUT2D eigenvalue weighted by Gasteiger charge is -2.45. The number of halogens is 6. The highest BCUT2D eigenvalue weighted by Gasteiger charge is 2.47. The molecule has 344 valence electrons. The molecule has 2 saturated heterocycles. The highest BCUT2D eigenvalue weighted by Crippen LogP contribution is 2.37. The molecule has 4 amide bonds. The first-order chi connectivity index (χ1) is 30.3. The lowest BCUT2D eigenvalue weighted by atomic mass is 9.83. The average molecular weight is 933 g/mol. The summed E-state index contributed by atoms with van der Waals surface area (Å²) in [4.78, 5) is 65.4. The first-order valence-electron chi connectivity index (χ1n) is 20.8. The minimum Gasteiger partial charge on any atom is -0.457 e. The zero-order valence-electron chi connectivity index (χ0n) is 35.9. The number of nitrogens with one attached hydrogen (secondary N) is 2. The van der Waals surface area contributed by atoms with Crippen LogP contribution in [0.25, 0.3) is 11.3 Å². The predicted molar refractivity (Wildman–Crippen MR) is 232 cm³/mol. The minimum atomic E-state index is -4.89. The molecule has 2 aliphatic heterocycles. The van der Waals surface area contributed by atoms with Crippen LogP contribution in [0.15, 0.2) is 66.9 Å². The average Bonchev–Trinajstić information content (AvgIpc) is 3.46. The molecule has 2 fully saturated rings. The summed E-state index contributed by atoms with van der Waals surface area (Å²) >= 11 is 12.4. The number of alkyl halides is 3. The van der Waals surface area contributed by atoms with Crippen LogP contribution in [0.4, 0.5) is 17.6 Å². The summed E-state index contributed by atoms with van der Waals surface area (Å²) < 4.78 is 67.3. The van der Waals surface area contributed by atoms with E-state index < -0.39 is 85.2 Å². The normalized spacial score (nSPS) is 21.7. The van der Waals surface area contributed by atoms with Crippen molar-refractivity contribution in [3.8, 4) is 22.8 Å². The van der Waals surface area contributed by atoms with E-state index in [0.717, 1.165) is 28.0 Å². The Kier molecular flexibility index (Phi) is 15.3. The largest absolute Gasteiger partial charge is 0.457 e. The van der Waals surface area contributed by atoms with Gasteiger partial charge in [0, 0.05) is 54.8 Å². The molecule has 3 heterocycles. The van der Waals surface area contributed by atoms with Crippen molar-refractivity contribution in [2.24, 2.45) is 13.0 Å². The fourth-order valence-electron chi connectivity index (χ4n) is 8.47. The van der Waals surface area contributed by atoms with E-state index in [0.29, 0.717) is 36.4 Å². The molecule has 0 radical (unpaired) electrons. The summed E-state index contributed by atoms with van der Waals surface area (Å²) in [6.07, 6.45) is -4.50. The first kappa shape index (κ1) is 48.2. The van der Waals surface area contributed by atoms with Crippen LogP contribution in [-0.4, -0.2) is 111 Å². The summed E-state index contributed by atoms with van der Waals surface area (Å²) in [6, 6.07) is 12.7. The Morgan fingerprint density at radius 2 is 1.69 bits per heavy atom. The third kappa shape index (κ3) is 11.2. The van der Waals surface area contributed by atoms with Crippen molar-refractivity contribution in [3.05, 3.63) is 99.7 Å². The van der Waals surface area contributed by atoms with Crippen molar-refractivity contribution in [2.75, 3.05) is 33.8 Å². The van der Waals surface area contributed by atoms with Crippen molar-refractivity contribution in [3.63, 3.8) is 0 Å². The number of rotatable bonds is 11. The van der Waals surface area contributed by atoms with Crippen LogP contribution in [0.5, 0.6) is 11.5 Å². The number of carbonyl (C=O) groups is 4. The molecule has 64 heavy (non-hydrogen) atoms. The van der Waals surface area contributed by atoms with E-state index in [9.17, 15) is 37.5 Å². The Hall–Kier alpha value is -5.23. The van der Waals surface area contributed by atoms with E-state index in [-0.39, 0.29) is 41.6 Å². The minimum absolute atomic E-state index is 0.0448. The Labute approximate surface area is 378 Å². The molecule has 2 aliphatic rings. The van der Waals surface area contributed by atoms with Crippen molar-refractivity contribution in [1.29, 1.82) is 0 Å². The zero-order chi connectivity index (χ0) is 46.5. The van der Waals surface area contributed by atoms with Crippen LogP contribution in [0.3, 0.4) is 0 Å². The molecule has 0 spiro atoms. The lowest BCUT2D eigenvalue weighted by molar-refractivity contribution is -0.164. The zero-order valence-corrected chi connectivity index (χ0v) is 37.4. The highest BCUT2D eigenvalue weighted by atomic mass is 35.5. The molecular formula is C45H51Cl2F4N7O6. The standard InChI is InChI=1S/C45H51Cl2F4N7O6/c1-27-41(61)54-36(25-59)43(63)56(4)44(20-28-7-11-31(46)12-8-28)15-5-6-16-57(26-44)42(62)30(21-45(49,50)51)17-40(60)58(27)24-34-35(48)18-32(47)19-38(34)64-33-13-9-29(10-14-33)37-22-53-39(23-52-2)55(37)3/h7-14,18-19,22,27,30,36,52,59H,5-6,15-17,20-21,23-26H2,1-4H3,(H,54,61)/t27-,30-,36-,44+/m0/s1. The molecule has 0 unspecified atom stereocenters. The predicted octanol–water partition coefficient (Wildman–Crippen LogP) is 6.66. The van der Waals surface area contributed by atoms with E-state index in [4.69, 9.17) is 27.9 Å². The summed E-state index contributed by atoms with van der Waals surface area (Å²) in [6.45, 7) is 0.0456. The van der Waals surface area contributed by atoms with Gasteiger partial charge in [-0.2, -0.15) is 13.2 Å². The third-order valence-corrected chi connectivity index (χ3v) is 12.5. The second kappa shape index (κ2) is 20.3. The van der Waals surface area contributed by atoms with Gasteiger partial charge in [0.05, 0.1) is 49.5 Å². The fraction of sp³-hybridized carbons (Fsp3) is 0.444. The number of ether oxygens (including phenoxy) is 1. The molecule has 4 aromatic rings. The topological polar surface area (TPSA) is 149 Å². The number of nitrogens with zero attached hydrogens (tertiary/aromatic N) is 5. The van der Waals surface area contributed by atoms with Crippen LogP contribution < -0.4 is 15.4 Å². The second-order valence-corrected chi connectivity index (χ2v) is 17.3. The molecule has 1 aromatic heterocycles. The van der Waals surface area contributed by atoms with Crippen molar-refractivity contribution in [1.82, 2.24) is 34.9 Å². The number of carbonyl (C=O) groups excluding carboxylic acids is 4. The molecule has 6 rings (SSSR count). The maximum absolute atomic E-state index is 16.1.